The molecule has 2 rings (SSSR count). The van der Waals surface area contributed by atoms with Gasteiger partial charge in [-0.15, -0.1) is 0 Å². The van der Waals surface area contributed by atoms with Crippen LogP contribution in [0.3, 0.4) is 0 Å². The number of nitrogens with one attached hydrogen (secondary N) is 2. The quantitative estimate of drug-likeness (QED) is 0.638. The van der Waals surface area contributed by atoms with Crippen LogP contribution < -0.4 is 10.5 Å². The molecule has 1 fully saturated rings. The molecular formula is C12H22N4O3S. The van der Waals surface area contributed by atoms with Crippen LogP contribution in [0.15, 0.2) is 4.90 Å². The van der Waals surface area contributed by atoms with Gasteiger partial charge in [-0.25, -0.2) is 13.1 Å². The normalized spacial score (nSPS) is 17.4. The van der Waals surface area contributed by atoms with E-state index in [1.165, 1.54) is 0 Å². The van der Waals surface area contributed by atoms with Gasteiger partial charge in [0.25, 0.3) is 0 Å². The van der Waals surface area contributed by atoms with Crippen molar-refractivity contribution in [2.24, 2.45) is 11.1 Å². The van der Waals surface area contributed by atoms with E-state index in [2.05, 4.69) is 14.9 Å². The molecule has 7 nitrogen and oxygen atoms in total. The number of ether oxygens (including phenoxy) is 1. The molecule has 1 aliphatic rings. The molecule has 20 heavy (non-hydrogen) atoms. The van der Waals surface area contributed by atoms with Gasteiger partial charge in [0.15, 0.2) is 0 Å². The Balaban J connectivity index is 2.06. The van der Waals surface area contributed by atoms with Crippen LogP contribution in [0.2, 0.25) is 0 Å². The van der Waals surface area contributed by atoms with Gasteiger partial charge in [-0.2, -0.15) is 5.10 Å². The zero-order valence-corrected chi connectivity index (χ0v) is 12.7. The Morgan fingerprint density at radius 1 is 1.50 bits per heavy atom. The highest BCUT2D eigenvalue weighted by Gasteiger charge is 2.43. The lowest BCUT2D eigenvalue weighted by molar-refractivity contribution is 0.173. The van der Waals surface area contributed by atoms with Crippen molar-refractivity contribution in [3.8, 4) is 0 Å². The topological polar surface area (TPSA) is 110 Å². The summed E-state index contributed by atoms with van der Waals surface area (Å²) in [4.78, 5) is 0.183. The first-order chi connectivity index (χ1) is 9.44. The number of H-pyrrole nitrogens is 1. The van der Waals surface area contributed by atoms with Crippen molar-refractivity contribution in [1.82, 2.24) is 14.9 Å². The number of aryl methyl sites for hydroxylation is 1. The molecule has 0 radical (unpaired) electrons. The van der Waals surface area contributed by atoms with Crippen molar-refractivity contribution >= 4 is 10.0 Å². The lowest BCUT2D eigenvalue weighted by atomic mass is 10.0. The van der Waals surface area contributed by atoms with Gasteiger partial charge in [0.1, 0.15) is 4.90 Å². The summed E-state index contributed by atoms with van der Waals surface area (Å²) in [5.41, 5.74) is 6.47. The van der Waals surface area contributed by atoms with Gasteiger partial charge in [0.2, 0.25) is 10.0 Å². The predicted molar refractivity (Wildman–Crippen MR) is 74.6 cm³/mol. The fourth-order valence-electron chi connectivity index (χ4n) is 2.30. The van der Waals surface area contributed by atoms with Crippen LogP contribution in [0.4, 0.5) is 0 Å². The van der Waals surface area contributed by atoms with E-state index in [4.69, 9.17) is 10.5 Å². The van der Waals surface area contributed by atoms with E-state index < -0.39 is 10.0 Å². The van der Waals surface area contributed by atoms with Gasteiger partial charge in [0, 0.05) is 26.8 Å². The third-order valence-corrected chi connectivity index (χ3v) is 5.46. The molecule has 8 heteroatoms. The highest BCUT2D eigenvalue weighted by Crippen LogP contribution is 2.48. The zero-order chi connectivity index (χ0) is 14.8. The van der Waals surface area contributed by atoms with Crippen molar-refractivity contribution in [2.75, 3.05) is 20.3 Å². The molecule has 1 aromatic heterocycles. The lowest BCUT2D eigenvalue weighted by Gasteiger charge is -2.15. The molecule has 4 N–H and O–H groups in total. The van der Waals surface area contributed by atoms with Crippen molar-refractivity contribution in [2.45, 2.75) is 37.6 Å². The number of methoxy groups -OCH3 is 1. The van der Waals surface area contributed by atoms with E-state index in [0.717, 1.165) is 19.3 Å². The number of nitrogens with zero attached hydrogens (tertiary/aromatic N) is 1. The van der Waals surface area contributed by atoms with Gasteiger partial charge in [-0.05, 0) is 31.6 Å². The SMILES string of the molecule is COCCC1(CNS(=O)(=O)c2c(CN)n[nH]c2C)CC1. The summed E-state index contributed by atoms with van der Waals surface area (Å²) >= 11 is 0. The van der Waals surface area contributed by atoms with Gasteiger partial charge < -0.3 is 10.5 Å². The van der Waals surface area contributed by atoms with E-state index >= 15 is 0 Å². The van der Waals surface area contributed by atoms with E-state index in [1.807, 2.05) is 0 Å². The molecule has 0 unspecified atom stereocenters. The number of rotatable bonds is 8. The number of sulfonamides is 1. The lowest BCUT2D eigenvalue weighted by Crippen LogP contribution is -2.31. The summed E-state index contributed by atoms with van der Waals surface area (Å²) in [5.74, 6) is 0. The second-order valence-corrected chi connectivity index (χ2v) is 7.10. The van der Waals surface area contributed by atoms with Crippen LogP contribution in [0.1, 0.15) is 30.7 Å². The van der Waals surface area contributed by atoms with Crippen molar-refractivity contribution in [3.63, 3.8) is 0 Å². The summed E-state index contributed by atoms with van der Waals surface area (Å²) in [6.07, 6.45) is 2.94. The maximum absolute atomic E-state index is 12.4. The highest BCUT2D eigenvalue weighted by atomic mass is 32.2. The third-order valence-electron chi connectivity index (χ3n) is 3.85. The van der Waals surface area contributed by atoms with Crippen molar-refractivity contribution in [1.29, 1.82) is 0 Å². The van der Waals surface area contributed by atoms with Crippen LogP contribution in [0.25, 0.3) is 0 Å². The first-order valence-electron chi connectivity index (χ1n) is 6.67. The number of hydrogen-bond acceptors (Lipinski definition) is 5. The molecule has 0 saturated heterocycles. The summed E-state index contributed by atoms with van der Waals surface area (Å²) in [7, 11) is -1.92. The first kappa shape index (κ1) is 15.4. The molecule has 0 spiro atoms. The molecule has 1 aromatic rings. The van der Waals surface area contributed by atoms with Crippen LogP contribution in [0, 0.1) is 12.3 Å². The van der Waals surface area contributed by atoms with Crippen LogP contribution >= 0.6 is 0 Å². The molecule has 1 aliphatic carbocycles. The van der Waals surface area contributed by atoms with Gasteiger partial charge in [0.05, 0.1) is 11.4 Å². The summed E-state index contributed by atoms with van der Waals surface area (Å²) in [6, 6.07) is 0. The molecule has 1 heterocycles. The molecule has 1 saturated carbocycles. The fraction of sp³-hybridized carbons (Fsp3) is 0.750. The minimum atomic E-state index is -3.57. The Bertz CT molecular complexity index is 563. The molecule has 114 valence electrons. The van der Waals surface area contributed by atoms with Gasteiger partial charge >= 0.3 is 0 Å². The Kier molecular flexibility index (Phi) is 4.48. The summed E-state index contributed by atoms with van der Waals surface area (Å²) < 4.78 is 32.5. The zero-order valence-electron chi connectivity index (χ0n) is 11.9. The summed E-state index contributed by atoms with van der Waals surface area (Å²) in [6.45, 7) is 2.86. The average molecular weight is 302 g/mol. The van der Waals surface area contributed by atoms with E-state index in [1.54, 1.807) is 14.0 Å². The molecule has 0 aromatic carbocycles. The maximum Gasteiger partial charge on any atom is 0.244 e. The number of nitrogens with two attached hydrogens (primary N) is 1. The Labute approximate surface area is 119 Å². The first-order valence-corrected chi connectivity index (χ1v) is 8.15. The second-order valence-electron chi connectivity index (χ2n) is 5.40. The van der Waals surface area contributed by atoms with Gasteiger partial charge in [-0.1, -0.05) is 0 Å². The molecular weight excluding hydrogens is 280 g/mol. The Morgan fingerprint density at radius 2 is 2.20 bits per heavy atom. The largest absolute Gasteiger partial charge is 0.385 e. The van der Waals surface area contributed by atoms with E-state index in [-0.39, 0.29) is 16.9 Å². The standard InChI is InChI=1S/C12H22N4O3S/c1-9-11(10(7-13)16-15-9)20(17,18)14-8-12(3-4-12)5-6-19-2/h14H,3-8,13H2,1-2H3,(H,15,16). The van der Waals surface area contributed by atoms with E-state index in [9.17, 15) is 8.42 Å². The second kappa shape index (κ2) is 5.80. The van der Waals surface area contributed by atoms with Crippen molar-refractivity contribution in [3.05, 3.63) is 11.4 Å². The number of aromatic nitrogens is 2. The summed E-state index contributed by atoms with van der Waals surface area (Å²) in [5, 5.41) is 6.59. The van der Waals surface area contributed by atoms with Gasteiger partial charge in [-0.3, -0.25) is 5.10 Å². The highest BCUT2D eigenvalue weighted by molar-refractivity contribution is 7.89. The Morgan fingerprint density at radius 3 is 2.75 bits per heavy atom. The monoisotopic (exact) mass is 302 g/mol. The van der Waals surface area contributed by atoms with Crippen LogP contribution in [-0.4, -0.2) is 38.9 Å². The van der Waals surface area contributed by atoms with Crippen LogP contribution in [0.5, 0.6) is 0 Å². The third kappa shape index (κ3) is 3.20. The molecule has 0 atom stereocenters. The average Bonchev–Trinajstić information content (AvgIpc) is 3.09. The molecule has 0 amide bonds. The van der Waals surface area contributed by atoms with Crippen molar-refractivity contribution < 1.29 is 13.2 Å². The smallest absolute Gasteiger partial charge is 0.244 e. The minimum absolute atomic E-state index is 0.0591. The predicted octanol–water partition coefficient (Wildman–Crippen LogP) is 0.272. The van der Waals surface area contributed by atoms with E-state index in [0.29, 0.717) is 24.5 Å². The van der Waals surface area contributed by atoms with Crippen LogP contribution in [-0.2, 0) is 21.3 Å². The maximum atomic E-state index is 12.4. The molecule has 0 bridgehead atoms. The fourth-order valence-corrected chi connectivity index (χ4v) is 3.82. The number of aromatic amines is 1. The molecule has 0 aliphatic heterocycles. The Hall–Kier alpha value is -0.960. The minimum Gasteiger partial charge on any atom is -0.385 e. The number of hydrogen-bond donors (Lipinski definition) is 3.